The van der Waals surface area contributed by atoms with Gasteiger partial charge in [0.15, 0.2) is 0 Å². The van der Waals surface area contributed by atoms with Crippen LogP contribution in [0.4, 0.5) is 4.79 Å². The molecule has 7 N–H and O–H groups in total. The number of carbonyl (C=O) groups is 1. The number of hydrogen-bond donors (Lipinski definition) is 6. The molecule has 2 aliphatic rings. The Bertz CT molecular complexity index is 1420. The molecule has 1 aromatic heterocycles. The number of urea groups is 1. The quantitative estimate of drug-likeness (QED) is 0.213. The first-order valence-electron chi connectivity index (χ1n) is 15.0. The lowest BCUT2D eigenvalue weighted by molar-refractivity contribution is 0.171. The highest BCUT2D eigenvalue weighted by Gasteiger charge is 2.30. The third-order valence-electron chi connectivity index (χ3n) is 8.07. The van der Waals surface area contributed by atoms with E-state index in [9.17, 15) is 9.90 Å². The third-order valence-corrected chi connectivity index (χ3v) is 8.07. The number of allylic oxidation sites excluding steroid dienone is 1. The van der Waals surface area contributed by atoms with E-state index >= 15 is 0 Å². The predicted molar refractivity (Wildman–Crippen MR) is 168 cm³/mol. The summed E-state index contributed by atoms with van der Waals surface area (Å²) in [6.07, 6.45) is 7.55. The maximum Gasteiger partial charge on any atom is 0.320 e. The van der Waals surface area contributed by atoms with Gasteiger partial charge in [0.05, 0.1) is 31.4 Å². The second-order valence-corrected chi connectivity index (χ2v) is 12.3. The highest BCUT2D eigenvalue weighted by atomic mass is 16.5. The number of nitrogens with two attached hydrogens (primary N) is 1. The van der Waals surface area contributed by atoms with Crippen LogP contribution in [0.15, 0.2) is 59.4 Å². The Morgan fingerprint density at radius 3 is 2.60 bits per heavy atom. The van der Waals surface area contributed by atoms with Crippen LogP contribution in [0.2, 0.25) is 0 Å². The number of amidine groups is 1. The number of aliphatic hydroxyl groups is 1. The van der Waals surface area contributed by atoms with E-state index < -0.39 is 6.03 Å². The highest BCUT2D eigenvalue weighted by molar-refractivity contribution is 6.04. The number of likely N-dealkylation sites (N-methyl/N-ethyl adjacent to an activating group) is 1. The summed E-state index contributed by atoms with van der Waals surface area (Å²) in [7, 11) is 2.04. The molecule has 0 bridgehead atoms. The lowest BCUT2D eigenvalue weighted by atomic mass is 9.85. The fraction of sp³-hybridized carbons (Fsp3) is 0.500. The number of aliphatic imine (C=N–C) groups is 1. The fourth-order valence-electron chi connectivity index (χ4n) is 5.48. The number of ether oxygens (including phenoxy) is 1. The molecule has 3 unspecified atom stereocenters. The molecule has 0 saturated carbocycles. The molecular weight excluding hydrogens is 544 g/mol. The smallest absolute Gasteiger partial charge is 0.320 e. The number of piperidine rings is 1. The van der Waals surface area contributed by atoms with Crippen LogP contribution < -0.4 is 26.6 Å². The van der Waals surface area contributed by atoms with Gasteiger partial charge < -0.3 is 20.9 Å². The molecule has 1 aromatic carbocycles. The van der Waals surface area contributed by atoms with Crippen molar-refractivity contribution >= 4 is 17.7 Å². The number of nitrogens with zero attached hydrogens (tertiary/aromatic N) is 3. The molecule has 232 valence electrons. The SMILES string of the molecule is CN1CCCCC1C(=N)n1cc(OC2CCC(NC(=O)NC(C=C(N)C(C)(C)C)=NCCO)c3ccccc32)ccc1=N. The van der Waals surface area contributed by atoms with Gasteiger partial charge in [-0.1, -0.05) is 51.5 Å². The van der Waals surface area contributed by atoms with E-state index in [1.54, 1.807) is 29.0 Å². The monoisotopic (exact) mass is 590 g/mol. The normalized spacial score (nSPS) is 21.6. The summed E-state index contributed by atoms with van der Waals surface area (Å²) < 4.78 is 8.09. The molecule has 11 nitrogen and oxygen atoms in total. The van der Waals surface area contributed by atoms with E-state index in [1.807, 2.05) is 52.1 Å². The van der Waals surface area contributed by atoms with E-state index in [4.69, 9.17) is 21.3 Å². The number of aliphatic hydroxyl groups excluding tert-OH is 1. The Hall–Kier alpha value is -3.96. The van der Waals surface area contributed by atoms with Gasteiger partial charge in [-0.15, -0.1) is 0 Å². The Labute approximate surface area is 253 Å². The number of benzene rings is 1. The number of pyridine rings is 1. The first-order valence-corrected chi connectivity index (χ1v) is 15.0. The Morgan fingerprint density at radius 2 is 1.91 bits per heavy atom. The summed E-state index contributed by atoms with van der Waals surface area (Å²) in [5.74, 6) is 1.27. The van der Waals surface area contributed by atoms with Gasteiger partial charge in [-0.2, -0.15) is 0 Å². The average Bonchev–Trinajstić information content (AvgIpc) is 2.97. The summed E-state index contributed by atoms with van der Waals surface area (Å²) in [6.45, 7) is 6.87. The third kappa shape index (κ3) is 8.11. The molecule has 2 heterocycles. The molecule has 1 aliphatic heterocycles. The van der Waals surface area contributed by atoms with Crippen LogP contribution in [0.25, 0.3) is 0 Å². The second kappa shape index (κ2) is 14.0. The van der Waals surface area contributed by atoms with Crippen LogP contribution >= 0.6 is 0 Å². The minimum atomic E-state index is -0.410. The van der Waals surface area contributed by atoms with E-state index in [2.05, 4.69) is 20.5 Å². The van der Waals surface area contributed by atoms with Gasteiger partial charge in [0.25, 0.3) is 0 Å². The van der Waals surface area contributed by atoms with Crippen molar-refractivity contribution < 1.29 is 14.6 Å². The Kier molecular flexibility index (Phi) is 10.4. The van der Waals surface area contributed by atoms with Crippen molar-refractivity contribution in [3.63, 3.8) is 0 Å². The minimum absolute atomic E-state index is 0.0268. The largest absolute Gasteiger partial charge is 0.484 e. The van der Waals surface area contributed by atoms with Crippen molar-refractivity contribution in [3.8, 4) is 5.75 Å². The van der Waals surface area contributed by atoms with Gasteiger partial charge in [-0.3, -0.25) is 30.6 Å². The van der Waals surface area contributed by atoms with E-state index in [0.717, 1.165) is 36.9 Å². The van der Waals surface area contributed by atoms with Crippen LogP contribution in [-0.4, -0.2) is 65.1 Å². The van der Waals surface area contributed by atoms with Crippen LogP contribution in [0.1, 0.15) is 76.1 Å². The topological polar surface area (TPSA) is 165 Å². The lowest BCUT2D eigenvalue weighted by Gasteiger charge is -2.34. The summed E-state index contributed by atoms with van der Waals surface area (Å²) in [5, 5.41) is 32.4. The standard InChI is InChI=1S/C32H46N8O3/c1-32(2,3)27(33)19-29(36-16-18-41)38-31(42)37-24-13-14-26(23-10-6-5-9-22(23)24)43-21-12-15-28(34)40(20-21)30(35)25-11-7-8-17-39(25)4/h5-6,9-10,12,15,19-20,24-26,34-35,41H,7-8,11,13-14,16-18,33H2,1-4H3,(H2,36,37,38,42). The molecule has 1 fully saturated rings. The molecule has 3 atom stereocenters. The minimum Gasteiger partial charge on any atom is -0.484 e. The maximum atomic E-state index is 13.1. The van der Waals surface area contributed by atoms with Crippen molar-refractivity contribution in [2.45, 2.75) is 71.1 Å². The van der Waals surface area contributed by atoms with Crippen molar-refractivity contribution in [3.05, 3.63) is 71.0 Å². The molecule has 1 aliphatic carbocycles. The van der Waals surface area contributed by atoms with Gasteiger partial charge >= 0.3 is 6.03 Å². The molecule has 43 heavy (non-hydrogen) atoms. The van der Waals surface area contributed by atoms with Crippen molar-refractivity contribution in [2.24, 2.45) is 16.1 Å². The molecule has 2 aromatic rings. The molecule has 2 amide bonds. The zero-order valence-electron chi connectivity index (χ0n) is 25.7. The first kappa shape index (κ1) is 32.0. The van der Waals surface area contributed by atoms with Gasteiger partial charge in [0.1, 0.15) is 29.0 Å². The zero-order valence-corrected chi connectivity index (χ0v) is 25.7. The van der Waals surface area contributed by atoms with Crippen LogP contribution in [0, 0.1) is 16.2 Å². The molecular formula is C32H46N8O3. The van der Waals surface area contributed by atoms with Crippen molar-refractivity contribution in [1.82, 2.24) is 20.1 Å². The number of carbonyl (C=O) groups excluding carboxylic acids is 1. The fourth-order valence-corrected chi connectivity index (χ4v) is 5.48. The number of aromatic nitrogens is 1. The van der Waals surface area contributed by atoms with Gasteiger partial charge in [0.2, 0.25) is 0 Å². The average molecular weight is 591 g/mol. The maximum absolute atomic E-state index is 13.1. The highest BCUT2D eigenvalue weighted by Crippen LogP contribution is 2.38. The van der Waals surface area contributed by atoms with Gasteiger partial charge in [-0.25, -0.2) is 4.79 Å². The summed E-state index contributed by atoms with van der Waals surface area (Å²) in [4.78, 5) is 19.5. The van der Waals surface area contributed by atoms with Crippen LogP contribution in [-0.2, 0) is 0 Å². The number of hydrogen-bond acceptors (Lipinski definition) is 8. The van der Waals surface area contributed by atoms with Crippen LogP contribution in [0.3, 0.4) is 0 Å². The molecule has 11 heteroatoms. The Balaban J connectivity index is 1.48. The Morgan fingerprint density at radius 1 is 1.16 bits per heavy atom. The molecule has 4 rings (SSSR count). The molecule has 0 radical (unpaired) electrons. The predicted octanol–water partition coefficient (Wildman–Crippen LogP) is 3.81. The second-order valence-electron chi connectivity index (χ2n) is 12.3. The summed E-state index contributed by atoms with van der Waals surface area (Å²) in [6, 6.07) is 10.7. The summed E-state index contributed by atoms with van der Waals surface area (Å²) >= 11 is 0. The number of rotatable bonds is 7. The number of nitrogens with one attached hydrogen (secondary N) is 4. The number of fused-ring (bicyclic) bond motifs is 1. The summed E-state index contributed by atoms with van der Waals surface area (Å²) in [5.41, 5.74) is 8.66. The zero-order chi connectivity index (χ0) is 31.1. The van der Waals surface area contributed by atoms with Crippen molar-refractivity contribution in [1.29, 1.82) is 10.8 Å². The van der Waals surface area contributed by atoms with Gasteiger partial charge in [0, 0.05) is 11.1 Å². The number of amides is 2. The van der Waals surface area contributed by atoms with Crippen molar-refractivity contribution in [2.75, 3.05) is 26.7 Å². The van der Waals surface area contributed by atoms with Crippen LogP contribution in [0.5, 0.6) is 5.75 Å². The van der Waals surface area contributed by atoms with E-state index in [0.29, 0.717) is 36.0 Å². The number of likely N-dealkylation sites (tertiary alicyclic amines) is 1. The van der Waals surface area contributed by atoms with Gasteiger partial charge in [-0.05, 0) is 68.6 Å². The van der Waals surface area contributed by atoms with E-state index in [1.165, 1.54) is 0 Å². The lowest BCUT2D eigenvalue weighted by Crippen LogP contribution is -2.46. The van der Waals surface area contributed by atoms with E-state index in [-0.39, 0.29) is 42.2 Å². The molecule has 0 spiro atoms. The first-order chi connectivity index (χ1) is 20.5. The molecule has 1 saturated heterocycles.